The molecule has 0 aliphatic carbocycles. The minimum atomic E-state index is -3.67. The third-order valence-electron chi connectivity index (χ3n) is 5.65. The van der Waals surface area contributed by atoms with Crippen molar-refractivity contribution in [2.75, 3.05) is 7.05 Å². The van der Waals surface area contributed by atoms with Gasteiger partial charge in [-0.3, -0.25) is 9.78 Å². The fourth-order valence-corrected chi connectivity index (χ4v) is 7.12. The Morgan fingerprint density at radius 2 is 1.74 bits per heavy atom. The fourth-order valence-electron chi connectivity index (χ4n) is 3.99. The first kappa shape index (κ1) is 23.1. The minimum Gasteiger partial charge on any atom is -0.337 e. The minimum absolute atomic E-state index is 0.0446. The Morgan fingerprint density at radius 1 is 0.971 bits per heavy atom. The van der Waals surface area contributed by atoms with Crippen molar-refractivity contribution in [3.05, 3.63) is 93.7 Å². The molecular formula is C25H18Cl2N2O3S2. The molecule has 0 unspecified atom stereocenters. The highest BCUT2D eigenvalue weighted by molar-refractivity contribution is 7.90. The molecule has 4 aromatic rings. The molecule has 0 N–H and O–H groups in total. The number of benzene rings is 2. The van der Waals surface area contributed by atoms with E-state index in [1.54, 1.807) is 35.7 Å². The molecule has 0 saturated heterocycles. The number of thiophene rings is 1. The monoisotopic (exact) mass is 528 g/mol. The van der Waals surface area contributed by atoms with E-state index in [2.05, 4.69) is 11.1 Å². The Bertz CT molecular complexity index is 1550. The number of halogens is 2. The number of hydrogen-bond acceptors (Lipinski definition) is 5. The molecule has 9 heteroatoms. The molecule has 5 rings (SSSR count). The van der Waals surface area contributed by atoms with E-state index in [4.69, 9.17) is 23.2 Å². The lowest BCUT2D eigenvalue weighted by molar-refractivity contribution is 0.0816. The summed E-state index contributed by atoms with van der Waals surface area (Å²) in [6.45, 7) is 0.609. The van der Waals surface area contributed by atoms with Gasteiger partial charge in [0.25, 0.3) is 5.91 Å². The summed E-state index contributed by atoms with van der Waals surface area (Å²) in [5.41, 5.74) is 4.22. The molecular weight excluding hydrogens is 511 g/mol. The van der Waals surface area contributed by atoms with Gasteiger partial charge in [-0.25, -0.2) is 8.42 Å². The predicted molar refractivity (Wildman–Crippen MR) is 136 cm³/mol. The number of sulfone groups is 1. The predicted octanol–water partition coefficient (Wildman–Crippen LogP) is 6.34. The number of amides is 1. The quantitative estimate of drug-likeness (QED) is 0.303. The van der Waals surface area contributed by atoms with Crippen molar-refractivity contribution in [2.24, 2.45) is 0 Å². The van der Waals surface area contributed by atoms with E-state index in [-0.39, 0.29) is 21.6 Å². The number of carbonyl (C=O) groups excluding carboxylic acids is 1. The molecule has 1 aliphatic rings. The Morgan fingerprint density at radius 3 is 2.50 bits per heavy atom. The number of pyridine rings is 1. The van der Waals surface area contributed by atoms with Gasteiger partial charge >= 0.3 is 0 Å². The summed E-state index contributed by atoms with van der Waals surface area (Å²) in [6.07, 6.45) is 3.27. The molecule has 172 valence electrons. The van der Waals surface area contributed by atoms with Crippen LogP contribution in [0, 0.1) is 0 Å². The molecule has 0 radical (unpaired) electrons. The second kappa shape index (κ2) is 8.82. The second-order valence-electron chi connectivity index (χ2n) is 8.11. The molecule has 0 spiro atoms. The maximum atomic E-state index is 12.9. The lowest BCUT2D eigenvalue weighted by Crippen LogP contribution is -2.17. The maximum absolute atomic E-state index is 12.9. The largest absolute Gasteiger partial charge is 0.337 e. The van der Waals surface area contributed by atoms with Gasteiger partial charge in [0.1, 0.15) is 0 Å². The van der Waals surface area contributed by atoms with E-state index >= 15 is 0 Å². The molecule has 1 amide bonds. The van der Waals surface area contributed by atoms with Crippen LogP contribution in [0.15, 0.2) is 71.9 Å². The third kappa shape index (κ3) is 4.36. The molecule has 0 fully saturated rings. The van der Waals surface area contributed by atoms with Crippen LogP contribution in [-0.2, 0) is 22.1 Å². The highest BCUT2D eigenvalue weighted by Crippen LogP contribution is 2.37. The Labute approximate surface area is 211 Å². The van der Waals surface area contributed by atoms with E-state index in [1.807, 2.05) is 30.3 Å². The SMILES string of the molecule is CN1Cc2cc(-c3ccc(-c4cncc(CS(=O)(=O)c5ccc(Cl)cc5Cl)c4)s3)ccc2C1=O. The molecule has 0 bridgehead atoms. The first-order valence-electron chi connectivity index (χ1n) is 10.3. The van der Waals surface area contributed by atoms with Gasteiger partial charge in [-0.1, -0.05) is 29.3 Å². The van der Waals surface area contributed by atoms with Crippen LogP contribution >= 0.6 is 34.5 Å². The van der Waals surface area contributed by atoms with Crippen LogP contribution in [-0.4, -0.2) is 31.3 Å². The van der Waals surface area contributed by atoms with Crippen LogP contribution in [0.4, 0.5) is 0 Å². The number of aromatic nitrogens is 1. The van der Waals surface area contributed by atoms with Crippen LogP contribution in [0.1, 0.15) is 21.5 Å². The van der Waals surface area contributed by atoms with Gasteiger partial charge in [-0.15, -0.1) is 11.3 Å². The lowest BCUT2D eigenvalue weighted by atomic mass is 10.1. The molecule has 0 saturated carbocycles. The van der Waals surface area contributed by atoms with Gasteiger partial charge in [0.15, 0.2) is 9.84 Å². The summed E-state index contributed by atoms with van der Waals surface area (Å²) in [5.74, 6) is -0.175. The Hall–Kier alpha value is -2.71. The number of rotatable bonds is 5. The fraction of sp³-hybridized carbons (Fsp3) is 0.120. The van der Waals surface area contributed by atoms with E-state index < -0.39 is 9.84 Å². The summed E-state index contributed by atoms with van der Waals surface area (Å²) in [7, 11) is -1.87. The smallest absolute Gasteiger partial charge is 0.254 e. The molecule has 2 aromatic heterocycles. The summed E-state index contributed by atoms with van der Waals surface area (Å²) in [6, 6.07) is 16.1. The lowest BCUT2D eigenvalue weighted by Gasteiger charge is -2.08. The van der Waals surface area contributed by atoms with Crippen LogP contribution in [0.5, 0.6) is 0 Å². The normalized spacial score (nSPS) is 13.4. The van der Waals surface area contributed by atoms with Gasteiger partial charge in [0.05, 0.1) is 15.7 Å². The number of fused-ring (bicyclic) bond motifs is 1. The van der Waals surface area contributed by atoms with Gasteiger partial charge in [-0.05, 0) is 65.2 Å². The van der Waals surface area contributed by atoms with Gasteiger partial charge in [-0.2, -0.15) is 0 Å². The summed E-state index contributed by atoms with van der Waals surface area (Å²) in [4.78, 5) is 20.2. The zero-order valence-corrected chi connectivity index (χ0v) is 21.1. The number of carbonyl (C=O) groups is 1. The van der Waals surface area contributed by atoms with Crippen molar-refractivity contribution in [1.29, 1.82) is 0 Å². The van der Waals surface area contributed by atoms with Gasteiger partial charge in [0, 0.05) is 51.9 Å². The van der Waals surface area contributed by atoms with Crippen LogP contribution in [0.3, 0.4) is 0 Å². The van der Waals surface area contributed by atoms with Crippen molar-refractivity contribution in [1.82, 2.24) is 9.88 Å². The van der Waals surface area contributed by atoms with E-state index in [0.717, 1.165) is 32.0 Å². The number of hydrogen-bond donors (Lipinski definition) is 0. The third-order valence-corrected chi connectivity index (χ3v) is 9.23. The van der Waals surface area contributed by atoms with Crippen molar-refractivity contribution in [2.45, 2.75) is 17.2 Å². The molecule has 3 heterocycles. The van der Waals surface area contributed by atoms with Gasteiger partial charge < -0.3 is 4.90 Å². The highest BCUT2D eigenvalue weighted by atomic mass is 35.5. The van der Waals surface area contributed by atoms with Crippen molar-refractivity contribution < 1.29 is 13.2 Å². The van der Waals surface area contributed by atoms with Crippen LogP contribution < -0.4 is 0 Å². The highest BCUT2D eigenvalue weighted by Gasteiger charge is 2.24. The Balaban J connectivity index is 1.41. The molecule has 1 aliphatic heterocycles. The van der Waals surface area contributed by atoms with Crippen molar-refractivity contribution in [3.8, 4) is 20.9 Å². The summed E-state index contributed by atoms with van der Waals surface area (Å²) >= 11 is 13.6. The zero-order valence-electron chi connectivity index (χ0n) is 18.0. The van der Waals surface area contributed by atoms with E-state index in [9.17, 15) is 13.2 Å². The topological polar surface area (TPSA) is 67.3 Å². The first-order valence-corrected chi connectivity index (χ1v) is 13.5. The average molecular weight is 529 g/mol. The van der Waals surface area contributed by atoms with E-state index in [1.165, 1.54) is 18.2 Å². The van der Waals surface area contributed by atoms with Crippen LogP contribution in [0.2, 0.25) is 10.0 Å². The second-order valence-corrected chi connectivity index (χ2v) is 12.0. The average Bonchev–Trinajstić information content (AvgIpc) is 3.38. The standard InChI is InChI=1S/C25H18Cl2N2O3S2/c1-29-13-18-9-16(2-4-20(18)25(29)30)22-5-6-23(33-22)17-8-15(11-28-12-17)14-34(31,32)24-7-3-19(26)10-21(24)27/h2-12H,13-14H2,1H3. The summed E-state index contributed by atoms with van der Waals surface area (Å²) < 4.78 is 25.9. The van der Waals surface area contributed by atoms with Crippen molar-refractivity contribution in [3.63, 3.8) is 0 Å². The molecule has 2 aromatic carbocycles. The van der Waals surface area contributed by atoms with Gasteiger partial charge in [0.2, 0.25) is 0 Å². The zero-order chi connectivity index (χ0) is 24.0. The molecule has 34 heavy (non-hydrogen) atoms. The number of nitrogens with zero attached hydrogens (tertiary/aromatic N) is 2. The Kier molecular flexibility index (Phi) is 5.98. The van der Waals surface area contributed by atoms with Crippen molar-refractivity contribution >= 4 is 50.3 Å². The van der Waals surface area contributed by atoms with Crippen LogP contribution in [0.25, 0.3) is 20.9 Å². The molecule has 5 nitrogen and oxygen atoms in total. The maximum Gasteiger partial charge on any atom is 0.254 e. The molecule has 0 atom stereocenters. The summed E-state index contributed by atoms with van der Waals surface area (Å²) in [5, 5.41) is 0.477. The first-order chi connectivity index (χ1) is 16.2. The van der Waals surface area contributed by atoms with E-state index in [0.29, 0.717) is 17.1 Å².